The number of carbonyl (C=O) groups excluding carboxylic acids is 1. The van der Waals surface area contributed by atoms with Crippen molar-refractivity contribution < 1.29 is 23.7 Å². The third-order valence-electron chi connectivity index (χ3n) is 8.73. The fraction of sp³-hybridized carbons (Fsp3) is 0.394. The highest BCUT2D eigenvalue weighted by molar-refractivity contribution is 6.30. The van der Waals surface area contributed by atoms with Crippen LogP contribution in [0.3, 0.4) is 0 Å². The lowest BCUT2D eigenvalue weighted by molar-refractivity contribution is -0.0592. The van der Waals surface area contributed by atoms with E-state index in [2.05, 4.69) is 27.4 Å². The summed E-state index contributed by atoms with van der Waals surface area (Å²) < 4.78 is 25.7. The summed E-state index contributed by atoms with van der Waals surface area (Å²) in [6.07, 6.45) is 1.01. The molecule has 4 aromatic rings. The van der Waals surface area contributed by atoms with Crippen molar-refractivity contribution in [1.82, 2.24) is 14.5 Å². The number of benzene rings is 3. The molecule has 0 spiro atoms. The first-order valence-corrected chi connectivity index (χ1v) is 15.2. The van der Waals surface area contributed by atoms with Crippen LogP contribution >= 0.6 is 11.6 Å². The fourth-order valence-corrected chi connectivity index (χ4v) is 6.31. The molecule has 0 amide bonds. The van der Waals surface area contributed by atoms with Crippen molar-refractivity contribution in [3.05, 3.63) is 82.6 Å². The molecule has 7 rings (SSSR count). The summed E-state index contributed by atoms with van der Waals surface area (Å²) in [5.41, 5.74) is 4.43. The lowest BCUT2D eigenvalue weighted by atomic mass is 10.1. The number of carbonyl (C=O) groups is 1. The third kappa shape index (κ3) is 5.53. The van der Waals surface area contributed by atoms with Crippen molar-refractivity contribution >= 4 is 34.3 Å². The summed E-state index contributed by atoms with van der Waals surface area (Å²) >= 11 is 6.08. The minimum atomic E-state index is -0.348. The zero-order valence-corrected chi connectivity index (χ0v) is 25.1. The molecule has 0 saturated carbocycles. The third-order valence-corrected chi connectivity index (χ3v) is 8.98. The van der Waals surface area contributed by atoms with E-state index in [4.69, 9.17) is 35.5 Å². The van der Waals surface area contributed by atoms with Crippen molar-refractivity contribution in [1.29, 1.82) is 0 Å². The number of anilines is 1. The topological polar surface area (TPSA) is 78.3 Å². The summed E-state index contributed by atoms with van der Waals surface area (Å²) in [4.78, 5) is 22.1. The number of nitrogens with zero attached hydrogens (tertiary/aromatic N) is 4. The van der Waals surface area contributed by atoms with Gasteiger partial charge >= 0.3 is 5.97 Å². The van der Waals surface area contributed by atoms with E-state index >= 15 is 0 Å². The highest BCUT2D eigenvalue weighted by atomic mass is 35.5. The number of methoxy groups -OCH3 is 1. The SMILES string of the molecule is COC(=O)c1ccc2nc(CN3CCN(c4cccc5c4OCC(c4ccc(Cl)cc4)O5)C[C@@H]3C)n(C[C@@H]3CCO3)c2c1. The Morgan fingerprint density at radius 1 is 1.12 bits per heavy atom. The van der Waals surface area contributed by atoms with E-state index in [1.807, 2.05) is 48.5 Å². The summed E-state index contributed by atoms with van der Waals surface area (Å²) in [6.45, 7) is 7.48. The number of ether oxygens (including phenoxy) is 4. The van der Waals surface area contributed by atoms with Gasteiger partial charge in [-0.05, 0) is 61.4 Å². The summed E-state index contributed by atoms with van der Waals surface area (Å²) in [7, 11) is 1.40. The predicted molar refractivity (Wildman–Crippen MR) is 164 cm³/mol. The number of para-hydroxylation sites is 1. The van der Waals surface area contributed by atoms with Gasteiger partial charge in [0.25, 0.3) is 0 Å². The van der Waals surface area contributed by atoms with E-state index in [0.29, 0.717) is 23.7 Å². The van der Waals surface area contributed by atoms with Gasteiger partial charge in [0, 0.05) is 37.3 Å². The second-order valence-electron chi connectivity index (χ2n) is 11.5. The second kappa shape index (κ2) is 11.7. The molecule has 1 aromatic heterocycles. The average molecular weight is 603 g/mol. The van der Waals surface area contributed by atoms with E-state index in [1.165, 1.54) is 7.11 Å². The molecule has 2 fully saturated rings. The van der Waals surface area contributed by atoms with E-state index in [9.17, 15) is 4.79 Å². The summed E-state index contributed by atoms with van der Waals surface area (Å²) in [5.74, 6) is 2.20. The average Bonchev–Trinajstić information content (AvgIpc) is 3.35. The van der Waals surface area contributed by atoms with Crippen LogP contribution in [0.5, 0.6) is 11.5 Å². The number of hydrogen-bond donors (Lipinski definition) is 0. The number of halogens is 1. The maximum absolute atomic E-state index is 12.2. The molecule has 1 unspecified atom stereocenters. The Labute approximate surface area is 255 Å². The van der Waals surface area contributed by atoms with Crippen LogP contribution in [-0.4, -0.2) is 72.5 Å². The van der Waals surface area contributed by atoms with E-state index in [1.54, 1.807) is 6.07 Å². The smallest absolute Gasteiger partial charge is 0.337 e. The van der Waals surface area contributed by atoms with Crippen molar-refractivity contribution in [2.24, 2.45) is 0 Å². The Hall–Kier alpha value is -3.79. The summed E-state index contributed by atoms with van der Waals surface area (Å²) in [6, 6.07) is 19.7. The largest absolute Gasteiger partial charge is 0.483 e. The van der Waals surface area contributed by atoms with Crippen LogP contribution in [0.2, 0.25) is 5.02 Å². The van der Waals surface area contributed by atoms with Crippen LogP contribution in [-0.2, 0) is 22.6 Å². The number of imidazole rings is 1. The Kier molecular flexibility index (Phi) is 7.63. The minimum absolute atomic E-state index is 0.165. The molecule has 0 radical (unpaired) electrons. The van der Waals surface area contributed by atoms with Gasteiger partial charge in [-0.25, -0.2) is 9.78 Å². The van der Waals surface area contributed by atoms with Gasteiger partial charge in [-0.15, -0.1) is 0 Å². The number of rotatable bonds is 7. The molecule has 0 aliphatic carbocycles. The molecule has 3 aliphatic heterocycles. The lowest BCUT2D eigenvalue weighted by Gasteiger charge is -2.42. The van der Waals surface area contributed by atoms with Gasteiger partial charge in [0.05, 0.1) is 48.6 Å². The standard InChI is InChI=1S/C33H35ClN4O5/c1-21-17-37(27-4-3-5-29-32(27)42-20-30(43-29)22-6-9-24(34)10-7-22)14-13-36(21)19-31-35-26-11-8-23(33(39)40-2)16-28(26)38(31)18-25-12-15-41-25/h3-11,16,21,25,30H,12-15,17-20H2,1-2H3/t21-,25-,30?/m0/s1. The number of hydrogen-bond acceptors (Lipinski definition) is 8. The Morgan fingerprint density at radius 3 is 2.70 bits per heavy atom. The highest BCUT2D eigenvalue weighted by Gasteiger charge is 2.31. The quantitative estimate of drug-likeness (QED) is 0.257. The van der Waals surface area contributed by atoms with Crippen LogP contribution in [0, 0.1) is 0 Å². The van der Waals surface area contributed by atoms with Crippen molar-refractivity contribution in [3.63, 3.8) is 0 Å². The summed E-state index contributed by atoms with van der Waals surface area (Å²) in [5, 5.41) is 0.703. The van der Waals surface area contributed by atoms with Gasteiger partial charge in [-0.1, -0.05) is 29.8 Å². The number of esters is 1. The van der Waals surface area contributed by atoms with Crippen molar-refractivity contribution in [3.8, 4) is 11.5 Å². The van der Waals surface area contributed by atoms with Gasteiger partial charge in [-0.3, -0.25) is 4.90 Å². The first-order valence-electron chi connectivity index (χ1n) is 14.8. The lowest BCUT2D eigenvalue weighted by Crippen LogP contribution is -2.52. The van der Waals surface area contributed by atoms with Gasteiger partial charge in [0.1, 0.15) is 12.4 Å². The molecule has 9 nitrogen and oxygen atoms in total. The zero-order chi connectivity index (χ0) is 29.5. The van der Waals surface area contributed by atoms with Gasteiger partial charge in [0.2, 0.25) is 0 Å². The first kappa shape index (κ1) is 28.0. The van der Waals surface area contributed by atoms with E-state index in [-0.39, 0.29) is 24.2 Å². The molecule has 2 saturated heterocycles. The van der Waals surface area contributed by atoms with E-state index < -0.39 is 0 Å². The van der Waals surface area contributed by atoms with Gasteiger partial charge in [-0.2, -0.15) is 0 Å². The molecule has 3 aromatic carbocycles. The zero-order valence-electron chi connectivity index (χ0n) is 24.4. The number of fused-ring (bicyclic) bond motifs is 2. The number of aromatic nitrogens is 2. The molecule has 10 heteroatoms. The predicted octanol–water partition coefficient (Wildman–Crippen LogP) is 5.49. The molecule has 43 heavy (non-hydrogen) atoms. The Bertz CT molecular complexity index is 1640. The minimum Gasteiger partial charge on any atom is -0.483 e. The molecule has 0 bridgehead atoms. The molecule has 3 atom stereocenters. The second-order valence-corrected chi connectivity index (χ2v) is 11.9. The number of piperazine rings is 1. The molecule has 3 aliphatic rings. The van der Waals surface area contributed by atoms with Crippen LogP contribution < -0.4 is 14.4 Å². The van der Waals surface area contributed by atoms with Gasteiger partial charge in [0.15, 0.2) is 17.6 Å². The fourth-order valence-electron chi connectivity index (χ4n) is 6.18. The van der Waals surface area contributed by atoms with E-state index in [0.717, 1.165) is 78.8 Å². The first-order chi connectivity index (χ1) is 21.0. The van der Waals surface area contributed by atoms with Crippen LogP contribution in [0.1, 0.15) is 41.2 Å². The van der Waals surface area contributed by atoms with Gasteiger partial charge < -0.3 is 28.4 Å². The molecule has 4 heterocycles. The highest BCUT2D eigenvalue weighted by Crippen LogP contribution is 2.44. The van der Waals surface area contributed by atoms with Crippen LogP contribution in [0.25, 0.3) is 11.0 Å². The maximum atomic E-state index is 12.2. The molecule has 224 valence electrons. The van der Waals surface area contributed by atoms with Crippen molar-refractivity contribution in [2.75, 3.05) is 44.9 Å². The Morgan fingerprint density at radius 2 is 1.95 bits per heavy atom. The Balaban J connectivity index is 1.08. The molecule has 0 N–H and O–H groups in total. The maximum Gasteiger partial charge on any atom is 0.337 e. The monoisotopic (exact) mass is 602 g/mol. The normalized spacial score (nSPS) is 21.9. The molecular weight excluding hydrogens is 568 g/mol. The molecular formula is C33H35ClN4O5. The van der Waals surface area contributed by atoms with Crippen LogP contribution in [0.4, 0.5) is 5.69 Å². The van der Waals surface area contributed by atoms with Crippen LogP contribution in [0.15, 0.2) is 60.7 Å². The van der Waals surface area contributed by atoms with Crippen molar-refractivity contribution in [2.45, 2.75) is 44.7 Å².